The van der Waals surface area contributed by atoms with E-state index in [2.05, 4.69) is 15.2 Å². The van der Waals surface area contributed by atoms with Gasteiger partial charge in [-0.25, -0.2) is 0 Å². The lowest BCUT2D eigenvalue weighted by molar-refractivity contribution is 0.415. The molecule has 0 aliphatic carbocycles. The molecule has 0 aliphatic rings. The highest BCUT2D eigenvalue weighted by molar-refractivity contribution is 6.03. The fourth-order valence-electron chi connectivity index (χ4n) is 3.06. The summed E-state index contributed by atoms with van der Waals surface area (Å²) >= 11 is 0. The average molecular weight is 335 g/mol. The highest BCUT2D eigenvalue weighted by Crippen LogP contribution is 2.40. The molecule has 0 bridgehead atoms. The van der Waals surface area contributed by atoms with Crippen LogP contribution in [0.3, 0.4) is 0 Å². The Kier molecular flexibility index (Phi) is 3.65. The molecule has 0 saturated carbocycles. The second-order valence-corrected chi connectivity index (χ2v) is 5.73. The molecule has 25 heavy (non-hydrogen) atoms. The van der Waals surface area contributed by atoms with Crippen LogP contribution in [0.2, 0.25) is 0 Å². The van der Waals surface area contributed by atoms with Crippen molar-refractivity contribution in [2.24, 2.45) is 0 Å². The Hall–Kier alpha value is -3.28. The molecule has 0 fully saturated rings. The molecule has 0 radical (unpaired) electrons. The van der Waals surface area contributed by atoms with Crippen LogP contribution in [-0.2, 0) is 6.42 Å². The van der Waals surface area contributed by atoms with Gasteiger partial charge in [-0.3, -0.25) is 0 Å². The van der Waals surface area contributed by atoms with E-state index in [1.807, 2.05) is 37.3 Å². The van der Waals surface area contributed by atoms with Gasteiger partial charge in [0.15, 0.2) is 0 Å². The second-order valence-electron chi connectivity index (χ2n) is 5.73. The minimum atomic E-state index is 0.279. The number of rotatable bonds is 4. The van der Waals surface area contributed by atoms with Gasteiger partial charge < -0.3 is 19.2 Å². The Bertz CT molecular complexity index is 1020. The number of nitrogens with zero attached hydrogens (tertiary/aromatic N) is 2. The summed E-state index contributed by atoms with van der Waals surface area (Å²) in [6.45, 7) is 2.01. The van der Waals surface area contributed by atoms with Gasteiger partial charge in [0.05, 0.1) is 7.11 Å². The van der Waals surface area contributed by atoms with Crippen LogP contribution >= 0.6 is 0 Å². The highest BCUT2D eigenvalue weighted by atomic mass is 16.5. The fraction of sp³-hybridized carbons (Fsp3) is 0.158. The summed E-state index contributed by atoms with van der Waals surface area (Å²) in [5.41, 5.74) is 4.38. The molecule has 2 aromatic heterocycles. The lowest BCUT2D eigenvalue weighted by Crippen LogP contribution is -1.85. The van der Waals surface area contributed by atoms with Crippen LogP contribution in [0.15, 0.2) is 47.2 Å². The smallest absolute Gasteiger partial charge is 0.264 e. The fourth-order valence-corrected chi connectivity index (χ4v) is 3.06. The lowest BCUT2D eigenvalue weighted by atomic mass is 10.00. The minimum absolute atomic E-state index is 0.279. The SMILES string of the molecule is CCc1cc2[nH]c(-c3nnco3)c(-c3ccc(OC)cc3)c2cc1O. The number of aromatic nitrogens is 3. The minimum Gasteiger partial charge on any atom is -0.508 e. The van der Waals surface area contributed by atoms with E-state index >= 15 is 0 Å². The van der Waals surface area contributed by atoms with E-state index < -0.39 is 0 Å². The number of hydrogen-bond acceptors (Lipinski definition) is 5. The molecule has 4 aromatic rings. The lowest BCUT2D eigenvalue weighted by Gasteiger charge is -2.06. The van der Waals surface area contributed by atoms with Crippen LogP contribution in [0.1, 0.15) is 12.5 Å². The van der Waals surface area contributed by atoms with Gasteiger partial charge >= 0.3 is 0 Å². The maximum absolute atomic E-state index is 10.3. The van der Waals surface area contributed by atoms with Crippen LogP contribution in [0.25, 0.3) is 33.6 Å². The molecule has 2 aromatic carbocycles. The number of aromatic amines is 1. The molecule has 0 amide bonds. The van der Waals surface area contributed by atoms with Crippen molar-refractivity contribution in [1.29, 1.82) is 0 Å². The zero-order valence-electron chi connectivity index (χ0n) is 13.9. The van der Waals surface area contributed by atoms with Crippen molar-refractivity contribution in [3.05, 3.63) is 48.4 Å². The third-order valence-electron chi connectivity index (χ3n) is 4.33. The molecule has 2 N–H and O–H groups in total. The van der Waals surface area contributed by atoms with Gasteiger partial charge in [-0.15, -0.1) is 10.2 Å². The van der Waals surface area contributed by atoms with Gasteiger partial charge in [-0.05, 0) is 41.8 Å². The summed E-state index contributed by atoms with van der Waals surface area (Å²) in [5.74, 6) is 1.46. The summed E-state index contributed by atoms with van der Waals surface area (Å²) in [5, 5.41) is 19.0. The molecule has 0 aliphatic heterocycles. The first-order valence-electron chi connectivity index (χ1n) is 7.99. The highest BCUT2D eigenvalue weighted by Gasteiger charge is 2.20. The molecule has 126 valence electrons. The first-order valence-corrected chi connectivity index (χ1v) is 7.99. The van der Waals surface area contributed by atoms with Crippen LogP contribution in [-0.4, -0.2) is 27.4 Å². The van der Waals surface area contributed by atoms with Crippen molar-refractivity contribution in [1.82, 2.24) is 15.2 Å². The Morgan fingerprint density at radius 2 is 2.00 bits per heavy atom. The Labute approximate surface area is 144 Å². The van der Waals surface area contributed by atoms with E-state index in [-0.39, 0.29) is 5.75 Å². The Morgan fingerprint density at radius 1 is 1.20 bits per heavy atom. The third-order valence-corrected chi connectivity index (χ3v) is 4.33. The molecule has 2 heterocycles. The van der Waals surface area contributed by atoms with Crippen molar-refractivity contribution in [3.63, 3.8) is 0 Å². The monoisotopic (exact) mass is 335 g/mol. The third kappa shape index (κ3) is 2.52. The van der Waals surface area contributed by atoms with Gasteiger partial charge in [-0.2, -0.15) is 0 Å². The summed E-state index contributed by atoms with van der Waals surface area (Å²) in [6, 6.07) is 11.5. The summed E-state index contributed by atoms with van der Waals surface area (Å²) < 4.78 is 10.6. The van der Waals surface area contributed by atoms with Crippen LogP contribution < -0.4 is 4.74 Å². The largest absolute Gasteiger partial charge is 0.508 e. The summed E-state index contributed by atoms with van der Waals surface area (Å²) in [7, 11) is 1.63. The molecule has 0 saturated heterocycles. The van der Waals surface area contributed by atoms with Crippen molar-refractivity contribution in [2.45, 2.75) is 13.3 Å². The van der Waals surface area contributed by atoms with Crippen LogP contribution in [0.4, 0.5) is 0 Å². The molecular formula is C19H17N3O3. The van der Waals surface area contributed by atoms with E-state index in [1.165, 1.54) is 6.39 Å². The summed E-state index contributed by atoms with van der Waals surface area (Å²) in [6.07, 6.45) is 2.04. The average Bonchev–Trinajstić information content (AvgIpc) is 3.28. The first kappa shape index (κ1) is 15.3. The van der Waals surface area contributed by atoms with Gasteiger partial charge in [0.2, 0.25) is 6.39 Å². The molecule has 0 unspecified atom stereocenters. The van der Waals surface area contributed by atoms with E-state index in [0.29, 0.717) is 5.89 Å². The molecule has 4 rings (SSSR count). The number of H-pyrrole nitrogens is 1. The standard InChI is InChI=1S/C19H17N3O3/c1-3-11-8-15-14(9-16(11)23)17(12-4-6-13(24-2)7-5-12)18(21-15)19-22-20-10-25-19/h4-10,21,23H,3H2,1-2H3. The quantitative estimate of drug-likeness (QED) is 0.585. The van der Waals surface area contributed by atoms with Crippen LogP contribution in [0, 0.1) is 0 Å². The van der Waals surface area contributed by atoms with Crippen molar-refractivity contribution < 1.29 is 14.3 Å². The number of ether oxygens (including phenoxy) is 1. The predicted molar refractivity (Wildman–Crippen MR) is 94.6 cm³/mol. The van der Waals surface area contributed by atoms with Crippen LogP contribution in [0.5, 0.6) is 11.5 Å². The van der Waals surface area contributed by atoms with E-state index in [4.69, 9.17) is 9.15 Å². The molecule has 0 spiro atoms. The van der Waals surface area contributed by atoms with Crippen molar-refractivity contribution >= 4 is 10.9 Å². The first-order chi connectivity index (χ1) is 12.2. The number of hydrogen-bond donors (Lipinski definition) is 2. The predicted octanol–water partition coefficient (Wildman–Crippen LogP) is 4.16. The number of aryl methyl sites for hydroxylation is 1. The second kappa shape index (κ2) is 5.98. The molecule has 6 nitrogen and oxygen atoms in total. The van der Waals surface area contributed by atoms with E-state index in [9.17, 15) is 5.11 Å². The zero-order valence-corrected chi connectivity index (χ0v) is 13.9. The maximum atomic E-state index is 10.3. The number of benzene rings is 2. The van der Waals surface area contributed by atoms with E-state index in [0.717, 1.165) is 45.5 Å². The van der Waals surface area contributed by atoms with Gasteiger partial charge in [0.25, 0.3) is 5.89 Å². The van der Waals surface area contributed by atoms with Crippen molar-refractivity contribution in [2.75, 3.05) is 7.11 Å². The van der Waals surface area contributed by atoms with E-state index in [1.54, 1.807) is 13.2 Å². The molecular weight excluding hydrogens is 318 g/mol. The normalized spacial score (nSPS) is 11.1. The van der Waals surface area contributed by atoms with Gasteiger partial charge in [-0.1, -0.05) is 19.1 Å². The number of aromatic hydroxyl groups is 1. The molecule has 0 atom stereocenters. The number of phenolic OH excluding ortho intramolecular Hbond substituents is 1. The van der Waals surface area contributed by atoms with Crippen molar-refractivity contribution in [3.8, 4) is 34.2 Å². The number of nitrogens with one attached hydrogen (secondary N) is 1. The summed E-state index contributed by atoms with van der Waals surface area (Å²) in [4.78, 5) is 3.36. The number of fused-ring (bicyclic) bond motifs is 1. The zero-order chi connectivity index (χ0) is 17.4. The van der Waals surface area contributed by atoms with Gasteiger partial charge in [0.1, 0.15) is 17.2 Å². The topological polar surface area (TPSA) is 84.2 Å². The number of phenols is 1. The van der Waals surface area contributed by atoms with Gasteiger partial charge in [0, 0.05) is 16.5 Å². The Morgan fingerprint density at radius 3 is 2.64 bits per heavy atom. The Balaban J connectivity index is 2.01. The maximum Gasteiger partial charge on any atom is 0.264 e. The molecule has 6 heteroatoms. The number of methoxy groups -OCH3 is 1.